The van der Waals surface area contributed by atoms with Crippen molar-refractivity contribution in [1.82, 2.24) is 10.2 Å². The molecule has 2 aromatic rings. The van der Waals surface area contributed by atoms with Crippen molar-refractivity contribution in [2.24, 2.45) is 0 Å². The van der Waals surface area contributed by atoms with Crippen molar-refractivity contribution in [2.45, 2.75) is 12.2 Å². The lowest BCUT2D eigenvalue weighted by Gasteiger charge is -2.36. The van der Waals surface area contributed by atoms with Crippen molar-refractivity contribution < 1.29 is 22.6 Å². The molecule has 0 radical (unpaired) electrons. The highest BCUT2D eigenvalue weighted by molar-refractivity contribution is 5.51. The van der Waals surface area contributed by atoms with Gasteiger partial charge >= 0.3 is 6.18 Å². The Kier molecular flexibility index (Phi) is 5.92. The molecule has 1 heterocycles. The van der Waals surface area contributed by atoms with E-state index in [1.54, 1.807) is 26.4 Å². The molecule has 0 aliphatic carbocycles. The maximum absolute atomic E-state index is 13.0. The van der Waals surface area contributed by atoms with Gasteiger partial charge in [-0.25, -0.2) is 0 Å². The van der Waals surface area contributed by atoms with Crippen LogP contribution in [0.15, 0.2) is 42.5 Å². The molecule has 1 atom stereocenters. The fraction of sp³-hybridized carbons (Fsp3) is 0.400. The number of rotatable bonds is 5. The zero-order valence-corrected chi connectivity index (χ0v) is 15.3. The molecule has 146 valence electrons. The Balaban J connectivity index is 2.10. The first-order valence-electron chi connectivity index (χ1n) is 8.78. The van der Waals surface area contributed by atoms with Gasteiger partial charge in [0.15, 0.2) is 0 Å². The molecule has 4 nitrogen and oxygen atoms in total. The molecular weight excluding hydrogens is 357 g/mol. The van der Waals surface area contributed by atoms with Crippen LogP contribution in [0.25, 0.3) is 0 Å². The third kappa shape index (κ3) is 4.20. The zero-order valence-electron chi connectivity index (χ0n) is 15.3. The molecule has 0 spiro atoms. The first-order valence-corrected chi connectivity index (χ1v) is 8.78. The van der Waals surface area contributed by atoms with Crippen molar-refractivity contribution in [3.05, 3.63) is 59.2 Å². The molecule has 1 N–H and O–H groups in total. The highest BCUT2D eigenvalue weighted by Gasteiger charge is 2.32. The highest BCUT2D eigenvalue weighted by atomic mass is 19.4. The van der Waals surface area contributed by atoms with Crippen molar-refractivity contribution >= 4 is 0 Å². The van der Waals surface area contributed by atoms with Crippen molar-refractivity contribution in [3.63, 3.8) is 0 Å². The van der Waals surface area contributed by atoms with E-state index < -0.39 is 11.7 Å². The molecule has 1 aliphatic heterocycles. The Morgan fingerprint density at radius 2 is 1.48 bits per heavy atom. The molecule has 0 aromatic heterocycles. The third-order valence-corrected chi connectivity index (χ3v) is 4.81. The summed E-state index contributed by atoms with van der Waals surface area (Å²) in [5.74, 6) is 1.30. The lowest BCUT2D eigenvalue weighted by atomic mass is 9.94. The number of ether oxygens (including phenoxy) is 2. The summed E-state index contributed by atoms with van der Waals surface area (Å²) >= 11 is 0. The summed E-state index contributed by atoms with van der Waals surface area (Å²) in [6, 6.07) is 10.6. The fourth-order valence-electron chi connectivity index (χ4n) is 3.50. The van der Waals surface area contributed by atoms with E-state index in [9.17, 15) is 13.2 Å². The Bertz CT molecular complexity index is 735. The van der Waals surface area contributed by atoms with Crippen LogP contribution >= 0.6 is 0 Å². The summed E-state index contributed by atoms with van der Waals surface area (Å²) in [6.45, 7) is 3.17. The number of piperazine rings is 1. The first-order chi connectivity index (χ1) is 13.0. The molecule has 27 heavy (non-hydrogen) atoms. The van der Waals surface area contributed by atoms with Crippen LogP contribution in [0.5, 0.6) is 11.5 Å². The van der Waals surface area contributed by atoms with Crippen LogP contribution in [0.4, 0.5) is 13.2 Å². The van der Waals surface area contributed by atoms with Crippen molar-refractivity contribution in [1.29, 1.82) is 0 Å². The Hall–Kier alpha value is -2.25. The molecule has 0 bridgehead atoms. The van der Waals surface area contributed by atoms with Gasteiger partial charge in [-0.05, 0) is 29.8 Å². The number of alkyl halides is 3. The highest BCUT2D eigenvalue weighted by Crippen LogP contribution is 2.41. The molecule has 1 unspecified atom stereocenters. The predicted octanol–water partition coefficient (Wildman–Crippen LogP) is 3.72. The van der Waals surface area contributed by atoms with E-state index in [-0.39, 0.29) is 6.04 Å². The second-order valence-electron chi connectivity index (χ2n) is 6.38. The minimum absolute atomic E-state index is 0.263. The monoisotopic (exact) mass is 380 g/mol. The first kappa shape index (κ1) is 19.5. The number of methoxy groups -OCH3 is 2. The van der Waals surface area contributed by atoms with Crippen molar-refractivity contribution in [3.8, 4) is 11.5 Å². The summed E-state index contributed by atoms with van der Waals surface area (Å²) < 4.78 is 50.0. The van der Waals surface area contributed by atoms with E-state index >= 15 is 0 Å². The number of halogens is 3. The van der Waals surface area contributed by atoms with Gasteiger partial charge in [-0.2, -0.15) is 13.2 Å². The van der Waals surface area contributed by atoms with E-state index in [1.165, 1.54) is 0 Å². The lowest BCUT2D eigenvalue weighted by molar-refractivity contribution is -0.137. The topological polar surface area (TPSA) is 33.7 Å². The Morgan fingerprint density at radius 1 is 0.926 bits per heavy atom. The van der Waals surface area contributed by atoms with E-state index in [2.05, 4.69) is 10.2 Å². The maximum atomic E-state index is 13.0. The average Bonchev–Trinajstić information content (AvgIpc) is 2.69. The average molecular weight is 380 g/mol. The Morgan fingerprint density at radius 3 is 1.96 bits per heavy atom. The molecule has 0 amide bonds. The smallest absolute Gasteiger partial charge is 0.416 e. The molecule has 1 fully saturated rings. The van der Waals surface area contributed by atoms with Crippen LogP contribution in [-0.2, 0) is 6.18 Å². The standard InChI is InChI=1S/C20H23F3N2O2/c1-26-16-4-3-5-17(27-2)18(16)19(25-12-10-24-11-13-25)14-6-8-15(9-7-14)20(21,22)23/h3-9,19,24H,10-13H2,1-2H3. The van der Waals surface area contributed by atoms with E-state index in [1.807, 2.05) is 18.2 Å². The van der Waals surface area contributed by atoms with Crippen LogP contribution in [-0.4, -0.2) is 45.3 Å². The quantitative estimate of drug-likeness (QED) is 0.857. The molecular formula is C20H23F3N2O2. The lowest BCUT2D eigenvalue weighted by Crippen LogP contribution is -2.45. The zero-order chi connectivity index (χ0) is 19.4. The number of hydrogen-bond acceptors (Lipinski definition) is 4. The van der Waals surface area contributed by atoms with E-state index in [0.717, 1.165) is 49.4 Å². The molecule has 1 saturated heterocycles. The molecule has 7 heteroatoms. The second kappa shape index (κ2) is 8.19. The molecule has 2 aromatic carbocycles. The minimum atomic E-state index is -4.36. The number of benzene rings is 2. The van der Waals surface area contributed by atoms with Gasteiger partial charge in [-0.15, -0.1) is 0 Å². The van der Waals surface area contributed by atoms with Crippen LogP contribution in [0, 0.1) is 0 Å². The normalized spacial score (nSPS) is 16.8. The van der Waals surface area contributed by atoms with Gasteiger partial charge in [0.2, 0.25) is 0 Å². The molecule has 3 rings (SSSR count). The van der Waals surface area contributed by atoms with Gasteiger partial charge in [0, 0.05) is 26.2 Å². The summed E-state index contributed by atoms with van der Waals surface area (Å²) in [4.78, 5) is 2.24. The summed E-state index contributed by atoms with van der Waals surface area (Å²) in [6.07, 6.45) is -4.36. The number of hydrogen-bond donors (Lipinski definition) is 1. The number of nitrogens with zero attached hydrogens (tertiary/aromatic N) is 1. The minimum Gasteiger partial charge on any atom is -0.496 e. The third-order valence-electron chi connectivity index (χ3n) is 4.81. The van der Waals surface area contributed by atoms with Crippen LogP contribution in [0.1, 0.15) is 22.7 Å². The van der Waals surface area contributed by atoms with Gasteiger partial charge in [-0.1, -0.05) is 18.2 Å². The predicted molar refractivity (Wildman–Crippen MR) is 97.3 cm³/mol. The van der Waals surface area contributed by atoms with Gasteiger partial charge in [-0.3, -0.25) is 4.90 Å². The summed E-state index contributed by atoms with van der Waals surface area (Å²) in [5.41, 5.74) is 0.939. The summed E-state index contributed by atoms with van der Waals surface area (Å²) in [7, 11) is 3.17. The van der Waals surface area contributed by atoms with Gasteiger partial charge in [0.05, 0.1) is 31.4 Å². The van der Waals surface area contributed by atoms with Gasteiger partial charge < -0.3 is 14.8 Å². The molecule has 1 aliphatic rings. The summed E-state index contributed by atoms with van der Waals surface area (Å²) in [5, 5.41) is 3.31. The largest absolute Gasteiger partial charge is 0.496 e. The maximum Gasteiger partial charge on any atom is 0.416 e. The van der Waals surface area contributed by atoms with E-state index in [0.29, 0.717) is 11.5 Å². The van der Waals surface area contributed by atoms with Crippen LogP contribution in [0.3, 0.4) is 0 Å². The fourth-order valence-corrected chi connectivity index (χ4v) is 3.50. The number of nitrogens with one attached hydrogen (secondary N) is 1. The molecule has 0 saturated carbocycles. The second-order valence-corrected chi connectivity index (χ2v) is 6.38. The van der Waals surface area contributed by atoms with Gasteiger partial charge in [0.25, 0.3) is 0 Å². The van der Waals surface area contributed by atoms with Gasteiger partial charge in [0.1, 0.15) is 11.5 Å². The Labute approximate surface area is 156 Å². The van der Waals surface area contributed by atoms with Crippen LogP contribution < -0.4 is 14.8 Å². The SMILES string of the molecule is COc1cccc(OC)c1C(c1ccc(C(F)(F)F)cc1)N1CCNCC1. The van der Waals surface area contributed by atoms with Crippen molar-refractivity contribution in [2.75, 3.05) is 40.4 Å². The van der Waals surface area contributed by atoms with E-state index in [4.69, 9.17) is 9.47 Å². The van der Waals surface area contributed by atoms with Crippen LogP contribution in [0.2, 0.25) is 0 Å².